The first-order valence-electron chi connectivity index (χ1n) is 7.67. The SMILES string of the molecule is NCCCC[C@@H](NC(=O)[C@H](Cc1cnc[nH]1)NC(=O)CN)C(=O)O. The highest BCUT2D eigenvalue weighted by atomic mass is 16.4. The van der Waals surface area contributed by atoms with Gasteiger partial charge in [-0.15, -0.1) is 0 Å². The Morgan fingerprint density at radius 2 is 1.96 bits per heavy atom. The molecule has 0 aliphatic rings. The molecule has 10 nitrogen and oxygen atoms in total. The van der Waals surface area contributed by atoms with Gasteiger partial charge < -0.3 is 32.2 Å². The number of nitrogens with zero attached hydrogens (tertiary/aromatic N) is 1. The van der Waals surface area contributed by atoms with Gasteiger partial charge in [0.1, 0.15) is 12.1 Å². The van der Waals surface area contributed by atoms with E-state index in [2.05, 4.69) is 20.6 Å². The predicted molar refractivity (Wildman–Crippen MR) is 85.7 cm³/mol. The maximum atomic E-state index is 12.4. The van der Waals surface area contributed by atoms with E-state index in [1.165, 1.54) is 12.5 Å². The summed E-state index contributed by atoms with van der Waals surface area (Å²) in [7, 11) is 0. The molecule has 8 N–H and O–H groups in total. The number of carboxylic acid groups (broad SMARTS) is 1. The molecule has 0 aliphatic heterocycles. The van der Waals surface area contributed by atoms with Crippen LogP contribution in [0, 0.1) is 0 Å². The van der Waals surface area contributed by atoms with Crippen LogP contribution in [-0.2, 0) is 20.8 Å². The number of nitrogens with one attached hydrogen (secondary N) is 3. The lowest BCUT2D eigenvalue weighted by Crippen LogP contribution is -2.53. The quantitative estimate of drug-likeness (QED) is 0.255. The van der Waals surface area contributed by atoms with Gasteiger partial charge in [0.15, 0.2) is 0 Å². The van der Waals surface area contributed by atoms with Gasteiger partial charge in [-0.05, 0) is 25.8 Å². The minimum absolute atomic E-state index is 0.146. The zero-order chi connectivity index (χ0) is 17.9. The van der Waals surface area contributed by atoms with Crippen molar-refractivity contribution in [2.75, 3.05) is 13.1 Å². The summed E-state index contributed by atoms with van der Waals surface area (Å²) in [5.74, 6) is -2.23. The van der Waals surface area contributed by atoms with Crippen molar-refractivity contribution in [2.24, 2.45) is 11.5 Å². The van der Waals surface area contributed by atoms with Crippen LogP contribution in [-0.4, -0.2) is 58.0 Å². The topological polar surface area (TPSA) is 176 Å². The van der Waals surface area contributed by atoms with Gasteiger partial charge in [0, 0.05) is 18.3 Å². The van der Waals surface area contributed by atoms with E-state index >= 15 is 0 Å². The van der Waals surface area contributed by atoms with Crippen LogP contribution in [0.5, 0.6) is 0 Å². The molecule has 10 heteroatoms. The van der Waals surface area contributed by atoms with Crippen molar-refractivity contribution in [1.82, 2.24) is 20.6 Å². The van der Waals surface area contributed by atoms with E-state index in [1.54, 1.807) is 0 Å². The lowest BCUT2D eigenvalue weighted by molar-refractivity contribution is -0.142. The molecule has 0 spiro atoms. The molecule has 0 aliphatic carbocycles. The number of carbonyl (C=O) groups excluding carboxylic acids is 2. The molecule has 1 rings (SSSR count). The summed E-state index contributed by atoms with van der Waals surface area (Å²) in [5.41, 5.74) is 11.3. The molecule has 1 aromatic rings. The predicted octanol–water partition coefficient (Wildman–Crippen LogP) is -1.91. The van der Waals surface area contributed by atoms with Gasteiger partial charge in [0.05, 0.1) is 12.9 Å². The molecular weight excluding hydrogens is 316 g/mol. The zero-order valence-corrected chi connectivity index (χ0v) is 13.3. The molecule has 2 amide bonds. The average Bonchev–Trinajstić information content (AvgIpc) is 3.06. The molecule has 0 aromatic carbocycles. The fourth-order valence-corrected chi connectivity index (χ4v) is 2.10. The summed E-state index contributed by atoms with van der Waals surface area (Å²) in [6, 6.07) is -1.99. The van der Waals surface area contributed by atoms with E-state index in [9.17, 15) is 19.5 Å². The van der Waals surface area contributed by atoms with Crippen molar-refractivity contribution in [3.05, 3.63) is 18.2 Å². The number of nitrogens with two attached hydrogens (primary N) is 2. The Morgan fingerprint density at radius 1 is 1.21 bits per heavy atom. The number of imidazole rings is 1. The van der Waals surface area contributed by atoms with Crippen molar-refractivity contribution >= 4 is 17.8 Å². The third-order valence-electron chi connectivity index (χ3n) is 3.38. The minimum Gasteiger partial charge on any atom is -0.480 e. The summed E-state index contributed by atoms with van der Waals surface area (Å²) in [4.78, 5) is 41.8. The van der Waals surface area contributed by atoms with E-state index in [-0.39, 0.29) is 19.4 Å². The first-order valence-corrected chi connectivity index (χ1v) is 7.67. The Hall–Kier alpha value is -2.46. The third-order valence-corrected chi connectivity index (χ3v) is 3.38. The molecule has 134 valence electrons. The first kappa shape index (κ1) is 19.6. The number of unbranched alkanes of at least 4 members (excludes halogenated alkanes) is 1. The summed E-state index contributed by atoms with van der Waals surface area (Å²) in [6.07, 6.45) is 4.62. The lowest BCUT2D eigenvalue weighted by atomic mass is 10.1. The van der Waals surface area contributed by atoms with Gasteiger partial charge in [-0.3, -0.25) is 9.59 Å². The van der Waals surface area contributed by atoms with Crippen molar-refractivity contribution in [2.45, 2.75) is 37.8 Å². The lowest BCUT2D eigenvalue weighted by Gasteiger charge is -2.21. The second-order valence-corrected chi connectivity index (χ2v) is 5.29. The largest absolute Gasteiger partial charge is 0.480 e. The van der Waals surface area contributed by atoms with Crippen molar-refractivity contribution in [1.29, 1.82) is 0 Å². The second kappa shape index (κ2) is 10.3. The molecule has 0 fully saturated rings. The van der Waals surface area contributed by atoms with Gasteiger partial charge >= 0.3 is 5.97 Å². The van der Waals surface area contributed by atoms with Crippen LogP contribution >= 0.6 is 0 Å². The number of amides is 2. The Morgan fingerprint density at radius 3 is 2.50 bits per heavy atom. The van der Waals surface area contributed by atoms with Crippen LogP contribution < -0.4 is 22.1 Å². The van der Waals surface area contributed by atoms with Gasteiger partial charge in [0.25, 0.3) is 0 Å². The van der Waals surface area contributed by atoms with Crippen LogP contribution in [0.1, 0.15) is 25.0 Å². The second-order valence-electron chi connectivity index (χ2n) is 5.29. The highest BCUT2D eigenvalue weighted by Crippen LogP contribution is 2.04. The fraction of sp³-hybridized carbons (Fsp3) is 0.571. The van der Waals surface area contributed by atoms with E-state index < -0.39 is 29.9 Å². The molecule has 0 bridgehead atoms. The highest BCUT2D eigenvalue weighted by molar-refractivity contribution is 5.90. The summed E-state index contributed by atoms with van der Waals surface area (Å²) < 4.78 is 0. The van der Waals surface area contributed by atoms with Gasteiger partial charge in [-0.25, -0.2) is 9.78 Å². The Balaban J connectivity index is 2.73. The number of aromatic amines is 1. The van der Waals surface area contributed by atoms with E-state index in [1.807, 2.05) is 0 Å². The molecule has 0 saturated heterocycles. The fourth-order valence-electron chi connectivity index (χ4n) is 2.10. The Bertz CT molecular complexity index is 533. The number of hydrogen-bond acceptors (Lipinski definition) is 6. The van der Waals surface area contributed by atoms with Crippen LogP contribution in [0.25, 0.3) is 0 Å². The van der Waals surface area contributed by atoms with Crippen LogP contribution in [0.3, 0.4) is 0 Å². The molecule has 0 unspecified atom stereocenters. The summed E-state index contributed by atoms with van der Waals surface area (Å²) in [5, 5.41) is 14.1. The number of rotatable bonds is 11. The van der Waals surface area contributed by atoms with E-state index in [0.29, 0.717) is 25.1 Å². The molecule has 1 heterocycles. The van der Waals surface area contributed by atoms with Gasteiger partial charge in [-0.2, -0.15) is 0 Å². The summed E-state index contributed by atoms with van der Waals surface area (Å²) >= 11 is 0. The van der Waals surface area contributed by atoms with Crippen LogP contribution in [0.4, 0.5) is 0 Å². The monoisotopic (exact) mass is 340 g/mol. The average molecular weight is 340 g/mol. The Kier molecular flexibility index (Phi) is 8.44. The molecular formula is C14H24N6O4. The molecule has 2 atom stereocenters. The number of aromatic nitrogens is 2. The van der Waals surface area contributed by atoms with Crippen LogP contribution in [0.15, 0.2) is 12.5 Å². The zero-order valence-electron chi connectivity index (χ0n) is 13.3. The highest BCUT2D eigenvalue weighted by Gasteiger charge is 2.26. The smallest absolute Gasteiger partial charge is 0.326 e. The third kappa shape index (κ3) is 6.75. The first-order chi connectivity index (χ1) is 11.5. The van der Waals surface area contributed by atoms with Crippen molar-refractivity contribution < 1.29 is 19.5 Å². The number of hydrogen-bond donors (Lipinski definition) is 6. The molecule has 0 radical (unpaired) electrons. The van der Waals surface area contributed by atoms with Gasteiger partial charge in [-0.1, -0.05) is 0 Å². The minimum atomic E-state index is -1.13. The molecule has 1 aromatic heterocycles. The number of H-pyrrole nitrogens is 1. The number of carbonyl (C=O) groups is 3. The maximum absolute atomic E-state index is 12.4. The number of aliphatic carboxylic acids is 1. The van der Waals surface area contributed by atoms with Crippen molar-refractivity contribution in [3.63, 3.8) is 0 Å². The molecule has 0 saturated carbocycles. The summed E-state index contributed by atoms with van der Waals surface area (Å²) in [6.45, 7) is 0.181. The maximum Gasteiger partial charge on any atom is 0.326 e. The van der Waals surface area contributed by atoms with Gasteiger partial charge in [0.2, 0.25) is 11.8 Å². The van der Waals surface area contributed by atoms with Crippen molar-refractivity contribution in [3.8, 4) is 0 Å². The molecule has 24 heavy (non-hydrogen) atoms. The van der Waals surface area contributed by atoms with E-state index in [0.717, 1.165) is 0 Å². The van der Waals surface area contributed by atoms with Crippen LogP contribution in [0.2, 0.25) is 0 Å². The standard InChI is InChI=1S/C14H24N6O4/c15-4-2-1-3-10(14(23)24)20-13(22)11(19-12(21)6-16)5-9-7-17-8-18-9/h7-8,10-11H,1-6,15-16H2,(H,17,18)(H,19,21)(H,20,22)(H,23,24)/t10-,11+/m1/s1. The number of carboxylic acids is 1. The van der Waals surface area contributed by atoms with E-state index in [4.69, 9.17) is 11.5 Å². The normalized spacial score (nSPS) is 13.1. The Labute approximate surface area is 139 Å².